The van der Waals surface area contributed by atoms with Gasteiger partial charge in [0.25, 0.3) is 0 Å². The molecule has 0 atom stereocenters. The average molecular weight is 466 g/mol. The molecule has 34 heavy (non-hydrogen) atoms. The lowest BCUT2D eigenvalue weighted by Crippen LogP contribution is -2.47. The molecule has 172 valence electrons. The smallest absolute Gasteiger partial charge is 0.443 e. The third-order valence-electron chi connectivity index (χ3n) is 4.93. The monoisotopic (exact) mass is 466 g/mol. The molecular formula is C25H20B2F4O3. The first-order chi connectivity index (χ1) is 16.2. The largest absolute Gasteiger partial charge is 0.480 e. The lowest BCUT2D eigenvalue weighted by molar-refractivity contribution is 0.376. The summed E-state index contributed by atoms with van der Waals surface area (Å²) in [6.07, 6.45) is 4.11. The van der Waals surface area contributed by atoms with Gasteiger partial charge in [-0.25, -0.2) is 17.6 Å². The summed E-state index contributed by atoms with van der Waals surface area (Å²) in [4.78, 5) is 0. The number of rotatable bonds is 8. The van der Waals surface area contributed by atoms with Crippen LogP contribution in [-0.2, 0) is 4.57 Å². The molecule has 0 saturated carbocycles. The number of allylic oxidation sites excluding steroid dienone is 5. The maximum Gasteiger partial charge on any atom is 0.480 e. The van der Waals surface area contributed by atoms with E-state index in [1.54, 1.807) is 6.07 Å². The first-order valence-corrected chi connectivity index (χ1v) is 10.2. The molecular weight excluding hydrogens is 446 g/mol. The quantitative estimate of drug-likeness (QED) is 0.296. The van der Waals surface area contributed by atoms with Crippen LogP contribution in [0.2, 0.25) is 0 Å². The van der Waals surface area contributed by atoms with Crippen LogP contribution in [0.15, 0.2) is 91.3 Å². The van der Waals surface area contributed by atoms with Gasteiger partial charge in [0.1, 0.15) is 17.5 Å². The Morgan fingerprint density at radius 3 is 2.06 bits per heavy atom. The van der Waals surface area contributed by atoms with Crippen LogP contribution in [0, 0.1) is 17.5 Å². The normalized spacial score (nSPS) is 12.0. The molecule has 0 amide bonds. The third-order valence-corrected chi connectivity index (χ3v) is 4.93. The minimum Gasteiger partial charge on any atom is -0.443 e. The van der Waals surface area contributed by atoms with Crippen molar-refractivity contribution in [1.82, 2.24) is 0 Å². The molecule has 0 heterocycles. The summed E-state index contributed by atoms with van der Waals surface area (Å²) in [5.41, 5.74) is 0.887. The Hall–Kier alpha value is -3.39. The van der Waals surface area contributed by atoms with Gasteiger partial charge in [0.2, 0.25) is 0 Å². The van der Waals surface area contributed by atoms with E-state index < -0.39 is 37.5 Å². The van der Waals surface area contributed by atoms with Crippen molar-refractivity contribution in [2.45, 2.75) is 6.92 Å². The molecule has 0 saturated heterocycles. The summed E-state index contributed by atoms with van der Waals surface area (Å²) in [5, 5.41) is 20.5. The van der Waals surface area contributed by atoms with Gasteiger partial charge in [-0.2, -0.15) is 0 Å². The van der Waals surface area contributed by atoms with Crippen molar-refractivity contribution < 1.29 is 32.2 Å². The Balaban J connectivity index is 1.79. The van der Waals surface area contributed by atoms with Gasteiger partial charge >= 0.3 is 14.2 Å². The molecule has 3 aromatic carbocycles. The Morgan fingerprint density at radius 1 is 0.882 bits per heavy atom. The van der Waals surface area contributed by atoms with Gasteiger partial charge in [-0.1, -0.05) is 55.1 Å². The molecule has 0 aromatic heterocycles. The highest BCUT2D eigenvalue weighted by Crippen LogP contribution is 2.21. The lowest BCUT2D eigenvalue weighted by atomic mass is 9.70. The molecule has 0 aliphatic carbocycles. The number of halogens is 4. The summed E-state index contributed by atoms with van der Waals surface area (Å²) in [7, 11) is -3.83. The number of hydrogen-bond acceptors (Lipinski definition) is 3. The van der Waals surface area contributed by atoms with E-state index in [-0.39, 0.29) is 10.9 Å². The minimum absolute atomic E-state index is 0.295. The van der Waals surface area contributed by atoms with Crippen molar-refractivity contribution >= 4 is 30.7 Å². The second-order valence-electron chi connectivity index (χ2n) is 7.41. The van der Waals surface area contributed by atoms with Gasteiger partial charge in [-0.15, -0.1) is 0 Å². The Labute approximate surface area is 195 Å². The van der Waals surface area contributed by atoms with Crippen LogP contribution in [0.3, 0.4) is 0 Å². The standard InChI is InChI=1S/C25H20B2F4O3/c1-3-5-17(12-16(2)28)19-8-10-22(24(30)14-19)26(32)34-27(33)23-11-9-20(15-25(23)31)18-6-4-7-21(29)13-18/h3-15,32-33H,1H2,2H3/b16-12+,17-5+. The van der Waals surface area contributed by atoms with Crippen molar-refractivity contribution in [2.75, 3.05) is 0 Å². The van der Waals surface area contributed by atoms with Crippen LogP contribution in [0.1, 0.15) is 12.5 Å². The zero-order chi connectivity index (χ0) is 24.8. The molecule has 0 fully saturated rings. The molecule has 3 aromatic rings. The molecule has 0 aliphatic heterocycles. The van der Waals surface area contributed by atoms with Crippen molar-refractivity contribution in [2.24, 2.45) is 0 Å². The van der Waals surface area contributed by atoms with Crippen LogP contribution < -0.4 is 10.9 Å². The second kappa shape index (κ2) is 11.2. The van der Waals surface area contributed by atoms with E-state index in [2.05, 4.69) is 6.58 Å². The van der Waals surface area contributed by atoms with Crippen molar-refractivity contribution in [1.29, 1.82) is 0 Å². The van der Waals surface area contributed by atoms with Gasteiger partial charge in [-0.3, -0.25) is 0 Å². The number of benzene rings is 3. The molecule has 0 bridgehead atoms. The predicted octanol–water partition coefficient (Wildman–Crippen LogP) is 4.31. The van der Waals surface area contributed by atoms with Gasteiger partial charge < -0.3 is 14.6 Å². The highest BCUT2D eigenvalue weighted by molar-refractivity contribution is 6.73. The summed E-state index contributed by atoms with van der Waals surface area (Å²) in [6.45, 7) is 4.78. The first-order valence-electron chi connectivity index (χ1n) is 10.2. The molecule has 3 rings (SSSR count). The Bertz CT molecular complexity index is 1260. The van der Waals surface area contributed by atoms with Crippen molar-refractivity contribution in [3.8, 4) is 11.1 Å². The molecule has 0 unspecified atom stereocenters. The highest BCUT2D eigenvalue weighted by atomic mass is 19.1. The molecule has 9 heteroatoms. The fourth-order valence-electron chi connectivity index (χ4n) is 3.32. The SMILES string of the molecule is C=C/C=C(\C=C(/C)F)c1ccc(B(O)OB(O)c2ccc(-c3cccc(F)c3)cc2F)c(F)c1. The molecule has 3 nitrogen and oxygen atoms in total. The van der Waals surface area contributed by atoms with E-state index in [0.717, 1.165) is 12.1 Å². The van der Waals surface area contributed by atoms with E-state index in [9.17, 15) is 27.6 Å². The third kappa shape index (κ3) is 6.14. The van der Waals surface area contributed by atoms with E-state index in [4.69, 9.17) is 4.57 Å². The maximum absolute atomic E-state index is 14.7. The van der Waals surface area contributed by atoms with E-state index >= 15 is 0 Å². The van der Waals surface area contributed by atoms with E-state index in [0.29, 0.717) is 22.3 Å². The van der Waals surface area contributed by atoms with Gasteiger partial charge in [0.15, 0.2) is 0 Å². The highest BCUT2D eigenvalue weighted by Gasteiger charge is 2.30. The minimum atomic E-state index is -1.92. The van der Waals surface area contributed by atoms with Crippen molar-refractivity contribution in [3.05, 3.63) is 114 Å². The second-order valence-corrected chi connectivity index (χ2v) is 7.41. The molecule has 0 spiro atoms. The average Bonchev–Trinajstić information content (AvgIpc) is 2.78. The van der Waals surface area contributed by atoms with Gasteiger partial charge in [0.05, 0.1) is 5.83 Å². The topological polar surface area (TPSA) is 49.7 Å². The van der Waals surface area contributed by atoms with E-state index in [1.807, 2.05) is 0 Å². The Kier molecular flexibility index (Phi) is 8.28. The molecule has 2 N–H and O–H groups in total. The summed E-state index contributed by atoms with van der Waals surface area (Å²) < 4.78 is 61.0. The van der Waals surface area contributed by atoms with Gasteiger partial charge in [-0.05, 0) is 59.5 Å². The Morgan fingerprint density at radius 2 is 1.50 bits per heavy atom. The fraction of sp³-hybridized carbons (Fsp3) is 0.0400. The zero-order valence-electron chi connectivity index (χ0n) is 18.2. The zero-order valence-corrected chi connectivity index (χ0v) is 18.2. The lowest BCUT2D eigenvalue weighted by Gasteiger charge is -2.15. The summed E-state index contributed by atoms with van der Waals surface area (Å²) in [5.74, 6) is -2.71. The van der Waals surface area contributed by atoms with Crippen molar-refractivity contribution in [3.63, 3.8) is 0 Å². The molecule has 0 radical (unpaired) electrons. The summed E-state index contributed by atoms with van der Waals surface area (Å²) in [6, 6.07) is 13.1. The van der Waals surface area contributed by atoms with Crippen LogP contribution in [0.4, 0.5) is 17.6 Å². The maximum atomic E-state index is 14.7. The first kappa shape index (κ1) is 25.2. The van der Waals surface area contributed by atoms with Crippen LogP contribution in [0.5, 0.6) is 0 Å². The van der Waals surface area contributed by atoms with Gasteiger partial charge in [0, 0.05) is 10.9 Å². The van der Waals surface area contributed by atoms with Crippen LogP contribution in [-0.4, -0.2) is 24.3 Å². The summed E-state index contributed by atoms with van der Waals surface area (Å²) >= 11 is 0. The van der Waals surface area contributed by atoms with Crippen LogP contribution >= 0.6 is 0 Å². The molecule has 0 aliphatic rings. The predicted molar refractivity (Wildman–Crippen MR) is 128 cm³/mol. The van der Waals surface area contributed by atoms with Crippen LogP contribution in [0.25, 0.3) is 16.7 Å². The van der Waals surface area contributed by atoms with E-state index in [1.165, 1.54) is 67.6 Å². The number of hydrogen-bond donors (Lipinski definition) is 2. The fourth-order valence-corrected chi connectivity index (χ4v) is 3.32.